The fraction of sp³-hybridized carbons (Fsp3) is 0.176. The lowest BCUT2D eigenvalue weighted by molar-refractivity contribution is 0.141. The lowest BCUT2D eigenvalue weighted by Crippen LogP contribution is -2.19. The number of hydrogen-bond donors (Lipinski definition) is 3. The summed E-state index contributed by atoms with van der Waals surface area (Å²) in [7, 11) is 0. The maximum absolute atomic E-state index is 10.4. The van der Waals surface area contributed by atoms with Crippen LogP contribution >= 0.6 is 11.3 Å². The van der Waals surface area contributed by atoms with E-state index in [0.717, 1.165) is 5.56 Å². The highest BCUT2D eigenvalue weighted by molar-refractivity contribution is 7.18. The highest BCUT2D eigenvalue weighted by atomic mass is 32.1. The monoisotopic (exact) mass is 368 g/mol. The Bertz CT molecular complexity index is 1050. The Balaban J connectivity index is 1.59. The molecule has 0 aromatic carbocycles. The van der Waals surface area contributed by atoms with Crippen LogP contribution in [-0.4, -0.2) is 25.2 Å². The molecule has 132 valence electrons. The van der Waals surface area contributed by atoms with E-state index in [4.69, 9.17) is 10.3 Å². The molecule has 0 aliphatic heterocycles. The topological polar surface area (TPSA) is 123 Å². The SMILES string of the molecule is Cc1cc(-c2nc(N)c3cc(C(O)NCc4cccnc4)sc3n2)no1. The van der Waals surface area contributed by atoms with E-state index in [-0.39, 0.29) is 0 Å². The van der Waals surface area contributed by atoms with Crippen molar-refractivity contribution in [2.45, 2.75) is 19.7 Å². The minimum Gasteiger partial charge on any atom is -0.383 e. The number of anilines is 1. The van der Waals surface area contributed by atoms with Gasteiger partial charge in [-0.05, 0) is 24.6 Å². The summed E-state index contributed by atoms with van der Waals surface area (Å²) in [4.78, 5) is 14.2. The maximum atomic E-state index is 10.4. The van der Waals surface area contributed by atoms with Gasteiger partial charge in [0.25, 0.3) is 0 Å². The number of aliphatic hydroxyl groups excluding tert-OH is 1. The zero-order chi connectivity index (χ0) is 18.1. The van der Waals surface area contributed by atoms with E-state index in [1.807, 2.05) is 12.1 Å². The summed E-state index contributed by atoms with van der Waals surface area (Å²) in [6, 6.07) is 7.34. The van der Waals surface area contributed by atoms with Crippen molar-refractivity contribution >= 4 is 27.4 Å². The predicted octanol–water partition coefficient (Wildman–Crippen LogP) is 2.41. The molecule has 4 rings (SSSR count). The van der Waals surface area contributed by atoms with Gasteiger partial charge in [-0.3, -0.25) is 10.3 Å². The molecule has 0 fully saturated rings. The van der Waals surface area contributed by atoms with E-state index < -0.39 is 6.23 Å². The summed E-state index contributed by atoms with van der Waals surface area (Å²) in [6.07, 6.45) is 2.62. The van der Waals surface area contributed by atoms with Crippen LogP contribution in [0.3, 0.4) is 0 Å². The fourth-order valence-electron chi connectivity index (χ4n) is 2.50. The van der Waals surface area contributed by atoms with Gasteiger partial charge in [0, 0.05) is 25.0 Å². The van der Waals surface area contributed by atoms with Crippen molar-refractivity contribution in [2.24, 2.45) is 0 Å². The number of hydrogen-bond acceptors (Lipinski definition) is 9. The number of fused-ring (bicyclic) bond motifs is 1. The molecule has 0 amide bonds. The van der Waals surface area contributed by atoms with Crippen molar-refractivity contribution in [1.82, 2.24) is 25.4 Å². The Morgan fingerprint density at radius 2 is 2.23 bits per heavy atom. The molecule has 9 heteroatoms. The van der Waals surface area contributed by atoms with E-state index in [0.29, 0.717) is 44.7 Å². The van der Waals surface area contributed by atoms with Crippen molar-refractivity contribution in [3.8, 4) is 11.5 Å². The van der Waals surface area contributed by atoms with Gasteiger partial charge in [0.15, 0.2) is 11.5 Å². The summed E-state index contributed by atoms with van der Waals surface area (Å²) >= 11 is 1.35. The molecule has 4 N–H and O–H groups in total. The molecule has 0 spiro atoms. The highest BCUT2D eigenvalue weighted by Gasteiger charge is 2.17. The van der Waals surface area contributed by atoms with Crippen molar-refractivity contribution in [3.63, 3.8) is 0 Å². The van der Waals surface area contributed by atoms with Crippen molar-refractivity contribution in [1.29, 1.82) is 0 Å². The number of nitrogens with one attached hydrogen (secondary N) is 1. The second-order valence-electron chi connectivity index (χ2n) is 5.77. The molecule has 0 saturated heterocycles. The second kappa shape index (κ2) is 6.79. The average Bonchev–Trinajstić information content (AvgIpc) is 3.27. The first kappa shape index (κ1) is 16.6. The lowest BCUT2D eigenvalue weighted by Gasteiger charge is -2.10. The molecule has 0 aliphatic carbocycles. The molecule has 1 atom stereocenters. The standard InChI is InChI=1S/C17H16N6O2S/c1-9-5-12(23-25-9)15-21-14(18)11-6-13(26-17(11)22-15)16(24)20-8-10-3-2-4-19-7-10/h2-7,16,20,24H,8H2,1H3,(H2,18,21,22). The number of thiophene rings is 1. The van der Waals surface area contributed by atoms with E-state index in [1.54, 1.807) is 31.5 Å². The van der Waals surface area contributed by atoms with E-state index >= 15 is 0 Å². The summed E-state index contributed by atoms with van der Waals surface area (Å²) in [5, 5.41) is 18.1. The minimum atomic E-state index is -0.841. The Kier molecular flexibility index (Phi) is 4.33. The van der Waals surface area contributed by atoms with Crippen LogP contribution in [0.1, 0.15) is 22.4 Å². The highest BCUT2D eigenvalue weighted by Crippen LogP contribution is 2.32. The molecule has 4 aromatic heterocycles. The van der Waals surface area contributed by atoms with Crippen LogP contribution in [0.15, 0.2) is 41.2 Å². The number of pyridine rings is 1. The fourth-order valence-corrected chi connectivity index (χ4v) is 3.50. The third-order valence-corrected chi connectivity index (χ3v) is 4.87. The van der Waals surface area contributed by atoms with Gasteiger partial charge in [-0.1, -0.05) is 11.2 Å². The van der Waals surface area contributed by atoms with Crippen LogP contribution in [0.4, 0.5) is 5.82 Å². The Labute approximate surface area is 152 Å². The van der Waals surface area contributed by atoms with Gasteiger partial charge in [-0.25, -0.2) is 9.97 Å². The largest absolute Gasteiger partial charge is 0.383 e. The molecule has 26 heavy (non-hydrogen) atoms. The molecule has 0 aliphatic rings. The minimum absolute atomic E-state index is 0.340. The smallest absolute Gasteiger partial charge is 0.185 e. The van der Waals surface area contributed by atoms with E-state index in [9.17, 15) is 5.11 Å². The van der Waals surface area contributed by atoms with Crippen LogP contribution in [0.5, 0.6) is 0 Å². The third-order valence-electron chi connectivity index (χ3n) is 3.79. The average molecular weight is 368 g/mol. The van der Waals surface area contributed by atoms with E-state index in [1.165, 1.54) is 11.3 Å². The molecule has 1 unspecified atom stereocenters. The second-order valence-corrected chi connectivity index (χ2v) is 6.83. The molecular weight excluding hydrogens is 352 g/mol. The molecule has 4 aromatic rings. The van der Waals surface area contributed by atoms with Gasteiger partial charge >= 0.3 is 0 Å². The van der Waals surface area contributed by atoms with Crippen LogP contribution < -0.4 is 11.1 Å². The first-order chi connectivity index (χ1) is 12.6. The van der Waals surface area contributed by atoms with Crippen LogP contribution in [-0.2, 0) is 6.54 Å². The number of nitrogens with zero attached hydrogens (tertiary/aromatic N) is 4. The van der Waals surface area contributed by atoms with Gasteiger partial charge in [-0.2, -0.15) is 0 Å². The first-order valence-electron chi connectivity index (χ1n) is 7.91. The summed E-state index contributed by atoms with van der Waals surface area (Å²) in [5.74, 6) is 1.41. The Morgan fingerprint density at radius 3 is 2.96 bits per heavy atom. The van der Waals surface area contributed by atoms with Crippen molar-refractivity contribution in [2.75, 3.05) is 5.73 Å². The van der Waals surface area contributed by atoms with Crippen molar-refractivity contribution < 1.29 is 9.63 Å². The molecule has 8 nitrogen and oxygen atoms in total. The van der Waals surface area contributed by atoms with Crippen molar-refractivity contribution in [3.05, 3.63) is 52.9 Å². The number of aromatic nitrogens is 4. The number of aryl methyl sites for hydroxylation is 1. The lowest BCUT2D eigenvalue weighted by atomic mass is 10.2. The normalized spacial score (nSPS) is 12.5. The number of aliphatic hydroxyl groups is 1. The molecule has 4 heterocycles. The zero-order valence-corrected chi connectivity index (χ0v) is 14.7. The van der Waals surface area contributed by atoms with Gasteiger partial charge in [0.1, 0.15) is 22.6 Å². The number of nitrogen functional groups attached to an aromatic ring is 1. The molecular formula is C17H16N6O2S. The third kappa shape index (κ3) is 3.27. The summed E-state index contributed by atoms with van der Waals surface area (Å²) < 4.78 is 5.07. The van der Waals surface area contributed by atoms with Crippen LogP contribution in [0.25, 0.3) is 21.7 Å². The predicted molar refractivity (Wildman–Crippen MR) is 98.1 cm³/mol. The van der Waals surface area contributed by atoms with Gasteiger partial charge in [0.05, 0.1) is 10.3 Å². The maximum Gasteiger partial charge on any atom is 0.185 e. The first-order valence-corrected chi connectivity index (χ1v) is 8.73. The van der Waals surface area contributed by atoms with Crippen LogP contribution in [0.2, 0.25) is 0 Å². The molecule has 0 saturated carbocycles. The summed E-state index contributed by atoms with van der Waals surface area (Å²) in [6.45, 7) is 2.29. The van der Waals surface area contributed by atoms with E-state index in [2.05, 4.69) is 25.4 Å². The Morgan fingerprint density at radius 1 is 1.35 bits per heavy atom. The summed E-state index contributed by atoms with van der Waals surface area (Å²) in [5.41, 5.74) is 7.58. The quantitative estimate of drug-likeness (QED) is 0.459. The Hall–Kier alpha value is -2.88. The molecule has 0 radical (unpaired) electrons. The molecule has 0 bridgehead atoms. The number of rotatable bonds is 5. The van der Waals surface area contributed by atoms with Gasteiger partial charge in [0.2, 0.25) is 0 Å². The van der Waals surface area contributed by atoms with Gasteiger partial charge < -0.3 is 15.4 Å². The zero-order valence-electron chi connectivity index (χ0n) is 13.9. The number of nitrogens with two attached hydrogens (primary N) is 1. The van der Waals surface area contributed by atoms with Gasteiger partial charge in [-0.15, -0.1) is 11.3 Å². The van der Waals surface area contributed by atoms with Crippen LogP contribution in [0, 0.1) is 6.92 Å².